The lowest BCUT2D eigenvalue weighted by atomic mass is 9.80. The SMILES string of the molecule is CC(C)C[C@H](NC(=O)[C@@H]1CCCN1)C(=O)NC1(C(N)=O)CCCCC1. The maximum absolute atomic E-state index is 12.9. The Morgan fingerprint density at radius 2 is 1.84 bits per heavy atom. The minimum Gasteiger partial charge on any atom is -0.368 e. The zero-order valence-corrected chi connectivity index (χ0v) is 15.4. The Morgan fingerprint density at radius 3 is 2.36 bits per heavy atom. The standard InChI is InChI=1S/C18H32N4O3/c1-12(2)11-14(21-15(23)13-7-6-10-20-13)16(24)22-18(17(19)25)8-4-3-5-9-18/h12-14,20H,3-11H2,1-2H3,(H2,19,25)(H,21,23)(H,22,24)/t13-,14-/m0/s1. The summed E-state index contributed by atoms with van der Waals surface area (Å²) < 4.78 is 0. The monoisotopic (exact) mass is 352 g/mol. The van der Waals surface area contributed by atoms with E-state index in [0.717, 1.165) is 38.6 Å². The number of hydrogen-bond donors (Lipinski definition) is 4. The Hall–Kier alpha value is -1.63. The first kappa shape index (κ1) is 19.7. The molecule has 1 saturated heterocycles. The van der Waals surface area contributed by atoms with Gasteiger partial charge >= 0.3 is 0 Å². The van der Waals surface area contributed by atoms with Crippen LogP contribution in [-0.4, -0.2) is 41.9 Å². The summed E-state index contributed by atoms with van der Waals surface area (Å²) in [6.45, 7) is 4.83. The first-order valence-corrected chi connectivity index (χ1v) is 9.50. The van der Waals surface area contributed by atoms with E-state index in [-0.39, 0.29) is 23.8 Å². The lowest BCUT2D eigenvalue weighted by molar-refractivity contribution is -0.135. The summed E-state index contributed by atoms with van der Waals surface area (Å²) in [6.07, 6.45) is 6.20. The summed E-state index contributed by atoms with van der Waals surface area (Å²) in [5.41, 5.74) is 4.63. The number of amides is 3. The summed E-state index contributed by atoms with van der Waals surface area (Å²) >= 11 is 0. The summed E-state index contributed by atoms with van der Waals surface area (Å²) in [6, 6.07) is -0.879. The smallest absolute Gasteiger partial charge is 0.243 e. The van der Waals surface area contributed by atoms with Crippen molar-refractivity contribution in [1.29, 1.82) is 0 Å². The van der Waals surface area contributed by atoms with Gasteiger partial charge in [-0.05, 0) is 44.6 Å². The van der Waals surface area contributed by atoms with Crippen LogP contribution in [0.2, 0.25) is 0 Å². The van der Waals surface area contributed by atoms with Gasteiger partial charge in [0.1, 0.15) is 11.6 Å². The number of carbonyl (C=O) groups excluding carboxylic acids is 3. The van der Waals surface area contributed by atoms with Gasteiger partial charge in [0.25, 0.3) is 0 Å². The molecular weight excluding hydrogens is 320 g/mol. The van der Waals surface area contributed by atoms with E-state index in [4.69, 9.17) is 5.73 Å². The first-order valence-electron chi connectivity index (χ1n) is 9.50. The number of primary amides is 1. The van der Waals surface area contributed by atoms with Crippen LogP contribution in [-0.2, 0) is 14.4 Å². The second-order valence-corrected chi connectivity index (χ2v) is 7.84. The van der Waals surface area contributed by atoms with Gasteiger partial charge < -0.3 is 21.7 Å². The minimum absolute atomic E-state index is 0.143. The predicted molar refractivity (Wildman–Crippen MR) is 95.6 cm³/mol. The first-order chi connectivity index (χ1) is 11.8. The Balaban J connectivity index is 2.05. The van der Waals surface area contributed by atoms with Gasteiger partial charge in [-0.15, -0.1) is 0 Å². The van der Waals surface area contributed by atoms with Crippen LogP contribution in [0, 0.1) is 5.92 Å². The summed E-state index contributed by atoms with van der Waals surface area (Å²) in [4.78, 5) is 37.3. The number of carbonyl (C=O) groups is 3. The zero-order valence-electron chi connectivity index (χ0n) is 15.4. The van der Waals surface area contributed by atoms with Gasteiger partial charge in [-0.3, -0.25) is 14.4 Å². The van der Waals surface area contributed by atoms with E-state index in [2.05, 4.69) is 16.0 Å². The van der Waals surface area contributed by atoms with E-state index in [9.17, 15) is 14.4 Å². The maximum Gasteiger partial charge on any atom is 0.243 e. The Bertz CT molecular complexity index is 495. The fourth-order valence-corrected chi connectivity index (χ4v) is 3.79. The molecule has 2 aliphatic rings. The van der Waals surface area contributed by atoms with Crippen LogP contribution in [0.1, 0.15) is 65.2 Å². The average Bonchev–Trinajstić information content (AvgIpc) is 3.09. The van der Waals surface area contributed by atoms with Gasteiger partial charge in [0.05, 0.1) is 6.04 Å². The molecular formula is C18H32N4O3. The van der Waals surface area contributed by atoms with Crippen molar-refractivity contribution in [3.63, 3.8) is 0 Å². The van der Waals surface area contributed by atoms with Gasteiger partial charge in [0, 0.05) is 0 Å². The van der Waals surface area contributed by atoms with Crippen LogP contribution in [0.4, 0.5) is 0 Å². The number of nitrogens with two attached hydrogens (primary N) is 1. The van der Waals surface area contributed by atoms with Crippen molar-refractivity contribution in [3.05, 3.63) is 0 Å². The molecule has 0 bridgehead atoms. The molecule has 5 N–H and O–H groups in total. The van der Waals surface area contributed by atoms with E-state index < -0.39 is 17.5 Å². The molecule has 1 aliphatic carbocycles. The van der Waals surface area contributed by atoms with E-state index in [0.29, 0.717) is 19.3 Å². The third-order valence-corrected chi connectivity index (χ3v) is 5.26. The topological polar surface area (TPSA) is 113 Å². The molecule has 3 amide bonds. The molecule has 2 rings (SSSR count). The van der Waals surface area contributed by atoms with E-state index in [1.54, 1.807) is 0 Å². The number of rotatable bonds is 7. The van der Waals surface area contributed by atoms with Crippen molar-refractivity contribution in [1.82, 2.24) is 16.0 Å². The third-order valence-electron chi connectivity index (χ3n) is 5.26. The Morgan fingerprint density at radius 1 is 1.16 bits per heavy atom. The highest BCUT2D eigenvalue weighted by Gasteiger charge is 2.41. The average molecular weight is 352 g/mol. The maximum atomic E-state index is 12.9. The quantitative estimate of drug-likeness (QED) is 0.536. The van der Waals surface area contributed by atoms with Crippen LogP contribution in [0.3, 0.4) is 0 Å². The highest BCUT2D eigenvalue weighted by molar-refractivity contribution is 5.94. The molecule has 7 heteroatoms. The van der Waals surface area contributed by atoms with Gasteiger partial charge in [-0.1, -0.05) is 33.1 Å². The molecule has 0 spiro atoms. The van der Waals surface area contributed by atoms with Gasteiger partial charge in [0.2, 0.25) is 17.7 Å². The van der Waals surface area contributed by atoms with Gasteiger partial charge in [-0.2, -0.15) is 0 Å². The number of nitrogens with one attached hydrogen (secondary N) is 3. The van der Waals surface area contributed by atoms with Crippen molar-refractivity contribution in [2.45, 2.75) is 82.8 Å². The van der Waals surface area contributed by atoms with Crippen LogP contribution >= 0.6 is 0 Å². The van der Waals surface area contributed by atoms with Crippen LogP contribution < -0.4 is 21.7 Å². The molecule has 1 heterocycles. The number of hydrogen-bond acceptors (Lipinski definition) is 4. The Kier molecular flexibility index (Phi) is 6.81. The molecule has 2 fully saturated rings. The lowest BCUT2D eigenvalue weighted by Crippen LogP contribution is -2.62. The van der Waals surface area contributed by atoms with Crippen LogP contribution in [0.25, 0.3) is 0 Å². The highest BCUT2D eigenvalue weighted by atomic mass is 16.2. The van der Waals surface area contributed by atoms with Crippen molar-refractivity contribution < 1.29 is 14.4 Å². The fraction of sp³-hybridized carbons (Fsp3) is 0.833. The minimum atomic E-state index is -0.971. The lowest BCUT2D eigenvalue weighted by Gasteiger charge is -2.36. The van der Waals surface area contributed by atoms with Crippen LogP contribution in [0.15, 0.2) is 0 Å². The largest absolute Gasteiger partial charge is 0.368 e. The molecule has 1 aliphatic heterocycles. The molecule has 0 aromatic carbocycles. The molecule has 2 atom stereocenters. The van der Waals surface area contributed by atoms with Crippen molar-refractivity contribution >= 4 is 17.7 Å². The van der Waals surface area contributed by atoms with Crippen molar-refractivity contribution in [2.75, 3.05) is 6.54 Å². The third kappa shape index (κ3) is 5.17. The summed E-state index contributed by atoms with van der Waals surface area (Å²) in [5.74, 6) is -0.688. The molecule has 0 radical (unpaired) electrons. The van der Waals surface area contributed by atoms with Crippen molar-refractivity contribution in [3.8, 4) is 0 Å². The molecule has 25 heavy (non-hydrogen) atoms. The van der Waals surface area contributed by atoms with Crippen molar-refractivity contribution in [2.24, 2.45) is 11.7 Å². The predicted octanol–water partition coefficient (Wildman–Crippen LogP) is 0.574. The summed E-state index contributed by atoms with van der Waals surface area (Å²) in [5, 5.41) is 8.90. The van der Waals surface area contributed by atoms with Crippen LogP contribution in [0.5, 0.6) is 0 Å². The normalized spacial score (nSPS) is 23.9. The second-order valence-electron chi connectivity index (χ2n) is 7.84. The Labute approximate surface area is 149 Å². The molecule has 1 saturated carbocycles. The summed E-state index contributed by atoms with van der Waals surface area (Å²) in [7, 11) is 0. The fourth-order valence-electron chi connectivity index (χ4n) is 3.79. The molecule has 0 unspecified atom stereocenters. The van der Waals surface area contributed by atoms with Gasteiger partial charge in [0.15, 0.2) is 0 Å². The highest BCUT2D eigenvalue weighted by Crippen LogP contribution is 2.28. The van der Waals surface area contributed by atoms with Gasteiger partial charge in [-0.25, -0.2) is 0 Å². The zero-order chi connectivity index (χ0) is 18.4. The second kappa shape index (κ2) is 8.65. The molecule has 142 valence electrons. The van der Waals surface area contributed by atoms with E-state index >= 15 is 0 Å². The van der Waals surface area contributed by atoms with E-state index in [1.165, 1.54) is 0 Å². The molecule has 0 aromatic heterocycles. The molecule has 0 aromatic rings. The molecule has 7 nitrogen and oxygen atoms in total. The van der Waals surface area contributed by atoms with E-state index in [1.807, 2.05) is 13.8 Å².